The van der Waals surface area contributed by atoms with Crippen LogP contribution < -0.4 is 5.32 Å². The van der Waals surface area contributed by atoms with Crippen molar-refractivity contribution in [2.24, 2.45) is 11.8 Å². The Kier molecular flexibility index (Phi) is 4.55. The average Bonchev–Trinajstić information content (AvgIpc) is 3.30. The van der Waals surface area contributed by atoms with Crippen molar-refractivity contribution in [2.75, 3.05) is 26.2 Å². The van der Waals surface area contributed by atoms with Gasteiger partial charge in [0.15, 0.2) is 0 Å². The molecule has 1 aromatic carbocycles. The molecule has 2 aromatic rings. The molecule has 2 aliphatic heterocycles. The number of carbonyl (C=O) groups excluding carboxylic acids is 1. The smallest absolute Gasteiger partial charge is 0.251 e. The highest BCUT2D eigenvalue weighted by atomic mass is 16.5. The first kappa shape index (κ1) is 16.3. The number of aromatic nitrogens is 1. The highest BCUT2D eigenvalue weighted by Crippen LogP contribution is 2.34. The molecule has 3 atom stereocenters. The molecule has 3 heterocycles. The molecular formula is C19H23N3O3. The lowest BCUT2D eigenvalue weighted by Crippen LogP contribution is -2.34. The van der Waals surface area contributed by atoms with E-state index >= 15 is 0 Å². The minimum atomic E-state index is -0.0167. The zero-order chi connectivity index (χ0) is 17.2. The van der Waals surface area contributed by atoms with E-state index in [1.807, 2.05) is 43.3 Å². The molecule has 0 bridgehead atoms. The molecule has 2 fully saturated rings. The summed E-state index contributed by atoms with van der Waals surface area (Å²) in [6.07, 6.45) is 0.256. The monoisotopic (exact) mass is 341 g/mol. The van der Waals surface area contributed by atoms with Crippen molar-refractivity contribution in [3.8, 4) is 0 Å². The number of hydrogen-bond acceptors (Lipinski definition) is 5. The number of nitrogens with one attached hydrogen (secondary N) is 1. The van der Waals surface area contributed by atoms with Gasteiger partial charge in [-0.2, -0.15) is 0 Å². The van der Waals surface area contributed by atoms with Gasteiger partial charge in [0, 0.05) is 49.6 Å². The van der Waals surface area contributed by atoms with Crippen LogP contribution in [-0.2, 0) is 11.3 Å². The lowest BCUT2D eigenvalue weighted by Gasteiger charge is -2.19. The van der Waals surface area contributed by atoms with Crippen molar-refractivity contribution in [2.45, 2.75) is 19.6 Å². The number of aryl methyl sites for hydroxylation is 1. The van der Waals surface area contributed by atoms with Gasteiger partial charge in [-0.15, -0.1) is 0 Å². The first-order chi connectivity index (χ1) is 12.2. The fourth-order valence-electron chi connectivity index (χ4n) is 3.86. The van der Waals surface area contributed by atoms with Gasteiger partial charge in [-0.1, -0.05) is 23.4 Å². The predicted molar refractivity (Wildman–Crippen MR) is 92.0 cm³/mol. The van der Waals surface area contributed by atoms with Crippen LogP contribution in [0.25, 0.3) is 0 Å². The van der Waals surface area contributed by atoms with Crippen molar-refractivity contribution in [3.05, 3.63) is 53.4 Å². The topological polar surface area (TPSA) is 67.6 Å². The van der Waals surface area contributed by atoms with Gasteiger partial charge >= 0.3 is 0 Å². The Morgan fingerprint density at radius 1 is 1.32 bits per heavy atom. The summed E-state index contributed by atoms with van der Waals surface area (Å²) in [4.78, 5) is 14.6. The summed E-state index contributed by atoms with van der Waals surface area (Å²) in [5.74, 6) is 1.65. The standard InChI is InChI=1S/C19H23N3O3/c1-13-7-16(21-25-13)9-22-10-17-15(12-24-18(17)11-22)8-20-19(23)14-5-3-2-4-6-14/h2-7,15,17-18H,8-12H2,1H3,(H,20,23)/t15-,17-,18-/m1/s1. The van der Waals surface area contributed by atoms with Crippen molar-refractivity contribution < 1.29 is 14.1 Å². The van der Waals surface area contributed by atoms with Crippen LogP contribution >= 0.6 is 0 Å². The van der Waals surface area contributed by atoms with E-state index in [9.17, 15) is 4.79 Å². The van der Waals surface area contributed by atoms with E-state index in [1.54, 1.807) is 0 Å². The van der Waals surface area contributed by atoms with Gasteiger partial charge in [-0.05, 0) is 19.1 Å². The quantitative estimate of drug-likeness (QED) is 0.899. The molecule has 132 valence electrons. The minimum Gasteiger partial charge on any atom is -0.376 e. The van der Waals surface area contributed by atoms with Gasteiger partial charge < -0.3 is 14.6 Å². The van der Waals surface area contributed by atoms with Crippen LogP contribution in [-0.4, -0.2) is 48.3 Å². The number of carbonyl (C=O) groups is 1. The molecule has 0 spiro atoms. The summed E-state index contributed by atoms with van der Waals surface area (Å²) in [5.41, 5.74) is 1.67. The third-order valence-electron chi connectivity index (χ3n) is 5.14. The molecule has 2 aliphatic rings. The molecule has 1 amide bonds. The first-order valence-corrected chi connectivity index (χ1v) is 8.78. The molecular weight excluding hydrogens is 318 g/mol. The van der Waals surface area contributed by atoms with E-state index in [0.717, 1.165) is 37.7 Å². The van der Waals surface area contributed by atoms with Gasteiger partial charge in [0.2, 0.25) is 0 Å². The molecule has 1 N–H and O–H groups in total. The Balaban J connectivity index is 1.30. The number of rotatable bonds is 5. The Bertz CT molecular complexity index is 731. The number of hydrogen-bond donors (Lipinski definition) is 1. The molecule has 0 unspecified atom stereocenters. The third-order valence-corrected chi connectivity index (χ3v) is 5.14. The van der Waals surface area contributed by atoms with E-state index < -0.39 is 0 Å². The third kappa shape index (κ3) is 3.60. The second-order valence-electron chi connectivity index (χ2n) is 6.99. The number of nitrogens with zero attached hydrogens (tertiary/aromatic N) is 2. The van der Waals surface area contributed by atoms with Crippen molar-refractivity contribution >= 4 is 5.91 Å². The maximum Gasteiger partial charge on any atom is 0.251 e. The summed E-state index contributed by atoms with van der Waals surface area (Å²) in [7, 11) is 0. The van der Waals surface area contributed by atoms with E-state index in [-0.39, 0.29) is 12.0 Å². The molecule has 0 radical (unpaired) electrons. The Morgan fingerprint density at radius 3 is 2.92 bits per heavy atom. The maximum absolute atomic E-state index is 12.2. The molecule has 0 saturated carbocycles. The van der Waals surface area contributed by atoms with Gasteiger partial charge in [-0.3, -0.25) is 9.69 Å². The normalized spacial score (nSPS) is 25.9. The molecule has 0 aliphatic carbocycles. The van der Waals surface area contributed by atoms with Gasteiger partial charge in [0.05, 0.1) is 18.4 Å². The van der Waals surface area contributed by atoms with E-state index in [4.69, 9.17) is 9.26 Å². The lowest BCUT2D eigenvalue weighted by atomic mass is 9.93. The molecule has 1 aromatic heterocycles. The SMILES string of the molecule is Cc1cc(CN2C[C@@H]3[C@H](CNC(=O)c4ccccc4)CO[C@@H]3C2)no1. The van der Waals surface area contributed by atoms with Crippen LogP contribution in [0.1, 0.15) is 21.8 Å². The number of fused-ring (bicyclic) bond motifs is 1. The van der Waals surface area contributed by atoms with E-state index in [1.165, 1.54) is 0 Å². The highest BCUT2D eigenvalue weighted by Gasteiger charge is 2.43. The van der Waals surface area contributed by atoms with Crippen LogP contribution in [0.5, 0.6) is 0 Å². The van der Waals surface area contributed by atoms with Gasteiger partial charge in [0.25, 0.3) is 5.91 Å². The van der Waals surface area contributed by atoms with Gasteiger partial charge in [0.1, 0.15) is 5.76 Å². The fourth-order valence-corrected chi connectivity index (χ4v) is 3.86. The summed E-state index contributed by atoms with van der Waals surface area (Å²) in [5, 5.41) is 7.13. The predicted octanol–water partition coefficient (Wildman–Crippen LogP) is 1.86. The highest BCUT2D eigenvalue weighted by molar-refractivity contribution is 5.94. The summed E-state index contributed by atoms with van der Waals surface area (Å²) >= 11 is 0. The van der Waals surface area contributed by atoms with Crippen molar-refractivity contribution in [3.63, 3.8) is 0 Å². The second kappa shape index (κ2) is 6.98. The largest absolute Gasteiger partial charge is 0.376 e. The van der Waals surface area contributed by atoms with Crippen molar-refractivity contribution in [1.82, 2.24) is 15.4 Å². The summed E-state index contributed by atoms with van der Waals surface area (Å²) in [6, 6.07) is 11.3. The number of benzene rings is 1. The molecule has 2 saturated heterocycles. The van der Waals surface area contributed by atoms with Crippen LogP contribution in [0.3, 0.4) is 0 Å². The van der Waals surface area contributed by atoms with Crippen molar-refractivity contribution in [1.29, 1.82) is 0 Å². The minimum absolute atomic E-state index is 0.0167. The number of amides is 1. The lowest BCUT2D eigenvalue weighted by molar-refractivity contribution is 0.0901. The maximum atomic E-state index is 12.2. The summed E-state index contributed by atoms with van der Waals surface area (Å²) < 4.78 is 11.1. The van der Waals surface area contributed by atoms with E-state index in [0.29, 0.717) is 23.9 Å². The van der Waals surface area contributed by atoms with Gasteiger partial charge in [-0.25, -0.2) is 0 Å². The first-order valence-electron chi connectivity index (χ1n) is 8.78. The summed E-state index contributed by atoms with van der Waals surface area (Å²) in [6.45, 7) is 5.97. The number of ether oxygens (including phenoxy) is 1. The Hall–Kier alpha value is -2.18. The van der Waals surface area contributed by atoms with Crippen LogP contribution in [0.2, 0.25) is 0 Å². The second-order valence-corrected chi connectivity index (χ2v) is 6.99. The molecule has 25 heavy (non-hydrogen) atoms. The zero-order valence-corrected chi connectivity index (χ0v) is 14.4. The molecule has 6 nitrogen and oxygen atoms in total. The Labute approximate surface area is 147 Å². The fraction of sp³-hybridized carbons (Fsp3) is 0.474. The zero-order valence-electron chi connectivity index (χ0n) is 14.4. The van der Waals surface area contributed by atoms with Crippen LogP contribution in [0, 0.1) is 18.8 Å². The van der Waals surface area contributed by atoms with Crippen LogP contribution in [0.4, 0.5) is 0 Å². The molecule has 4 rings (SSSR count). The Morgan fingerprint density at radius 2 is 2.16 bits per heavy atom. The average molecular weight is 341 g/mol. The van der Waals surface area contributed by atoms with Crippen LogP contribution in [0.15, 0.2) is 40.9 Å². The van der Waals surface area contributed by atoms with E-state index in [2.05, 4.69) is 15.4 Å². The number of likely N-dealkylation sites (tertiary alicyclic amines) is 1. The molecule has 6 heteroatoms.